The van der Waals surface area contributed by atoms with E-state index in [4.69, 9.17) is 5.73 Å². The predicted molar refractivity (Wildman–Crippen MR) is 87.1 cm³/mol. The average molecular weight is 345 g/mol. The third-order valence-corrected chi connectivity index (χ3v) is 4.57. The number of hydrogen-bond donors (Lipinski definition) is 2. The van der Waals surface area contributed by atoms with Gasteiger partial charge in [0.25, 0.3) is 0 Å². The van der Waals surface area contributed by atoms with Crippen LogP contribution in [0.4, 0.5) is 4.39 Å². The molecular formula is C16H26BrFN2. The quantitative estimate of drug-likeness (QED) is 0.781. The van der Waals surface area contributed by atoms with Crippen LogP contribution in [-0.4, -0.2) is 13.1 Å². The summed E-state index contributed by atoms with van der Waals surface area (Å²) in [5.41, 5.74) is 6.89. The summed E-state index contributed by atoms with van der Waals surface area (Å²) in [7, 11) is 0. The van der Waals surface area contributed by atoms with Gasteiger partial charge >= 0.3 is 0 Å². The Kier molecular flexibility index (Phi) is 7.13. The van der Waals surface area contributed by atoms with Crippen LogP contribution in [0.5, 0.6) is 0 Å². The van der Waals surface area contributed by atoms with Gasteiger partial charge < -0.3 is 11.1 Å². The summed E-state index contributed by atoms with van der Waals surface area (Å²) in [5, 5.41) is 3.53. The van der Waals surface area contributed by atoms with E-state index < -0.39 is 0 Å². The van der Waals surface area contributed by atoms with Gasteiger partial charge in [-0.05, 0) is 42.0 Å². The fourth-order valence-corrected chi connectivity index (χ4v) is 3.25. The molecule has 1 atom stereocenters. The molecule has 0 saturated carbocycles. The van der Waals surface area contributed by atoms with Crippen molar-refractivity contribution in [1.29, 1.82) is 0 Å². The highest BCUT2D eigenvalue weighted by atomic mass is 79.9. The molecule has 1 aromatic carbocycles. The van der Waals surface area contributed by atoms with Gasteiger partial charge in [0.1, 0.15) is 5.82 Å². The van der Waals surface area contributed by atoms with E-state index >= 15 is 0 Å². The monoisotopic (exact) mass is 344 g/mol. The van der Waals surface area contributed by atoms with Crippen LogP contribution in [0.3, 0.4) is 0 Å². The van der Waals surface area contributed by atoms with E-state index in [0.717, 1.165) is 16.6 Å². The smallest absolute Gasteiger partial charge is 0.124 e. The van der Waals surface area contributed by atoms with Crippen LogP contribution in [0.15, 0.2) is 22.7 Å². The molecule has 20 heavy (non-hydrogen) atoms. The number of rotatable bonds is 7. The van der Waals surface area contributed by atoms with Gasteiger partial charge in [0.2, 0.25) is 0 Å². The molecule has 114 valence electrons. The van der Waals surface area contributed by atoms with Crippen molar-refractivity contribution in [2.75, 3.05) is 13.1 Å². The highest BCUT2D eigenvalue weighted by Gasteiger charge is 2.20. The normalized spacial score (nSPS) is 13.5. The largest absolute Gasteiger partial charge is 0.329 e. The molecule has 1 unspecified atom stereocenters. The molecule has 0 aliphatic carbocycles. The molecular weight excluding hydrogens is 319 g/mol. The highest BCUT2D eigenvalue weighted by molar-refractivity contribution is 9.10. The van der Waals surface area contributed by atoms with E-state index in [2.05, 4.69) is 48.9 Å². The third-order valence-electron chi connectivity index (χ3n) is 3.89. The molecule has 0 saturated heterocycles. The molecule has 0 spiro atoms. The number of hydrogen-bond acceptors (Lipinski definition) is 2. The summed E-state index contributed by atoms with van der Waals surface area (Å²) in [6.07, 6.45) is 0. The molecule has 0 amide bonds. The maximum Gasteiger partial charge on any atom is 0.124 e. The molecule has 0 heterocycles. The van der Waals surface area contributed by atoms with Crippen molar-refractivity contribution in [3.63, 3.8) is 0 Å². The molecule has 0 aromatic heterocycles. The Bertz CT molecular complexity index is 413. The van der Waals surface area contributed by atoms with Crippen molar-refractivity contribution in [2.24, 2.45) is 23.5 Å². The minimum Gasteiger partial charge on any atom is -0.329 e. The zero-order valence-electron chi connectivity index (χ0n) is 12.8. The van der Waals surface area contributed by atoms with Gasteiger partial charge in [-0.2, -0.15) is 0 Å². The van der Waals surface area contributed by atoms with Crippen LogP contribution in [0, 0.1) is 23.6 Å². The highest BCUT2D eigenvalue weighted by Crippen LogP contribution is 2.25. The van der Waals surface area contributed by atoms with Crippen molar-refractivity contribution in [3.8, 4) is 0 Å². The predicted octanol–water partition coefficient (Wildman–Crippen LogP) is 4.11. The first-order valence-electron chi connectivity index (χ1n) is 7.25. The molecule has 0 radical (unpaired) electrons. The number of benzene rings is 1. The van der Waals surface area contributed by atoms with E-state index in [0.29, 0.717) is 24.3 Å². The van der Waals surface area contributed by atoms with Gasteiger partial charge in [-0.25, -0.2) is 4.39 Å². The second-order valence-electron chi connectivity index (χ2n) is 6.01. The summed E-state index contributed by atoms with van der Waals surface area (Å²) < 4.78 is 13.9. The Balaban J connectivity index is 2.76. The molecule has 0 aliphatic heterocycles. The Hall–Kier alpha value is -0.450. The van der Waals surface area contributed by atoms with Crippen molar-refractivity contribution < 1.29 is 4.39 Å². The zero-order valence-corrected chi connectivity index (χ0v) is 14.4. The van der Waals surface area contributed by atoms with E-state index in [9.17, 15) is 4.39 Å². The molecule has 0 bridgehead atoms. The maximum atomic E-state index is 13.2. The lowest BCUT2D eigenvalue weighted by atomic mass is 9.85. The first-order valence-corrected chi connectivity index (χ1v) is 8.04. The first-order chi connectivity index (χ1) is 9.36. The lowest BCUT2D eigenvalue weighted by Gasteiger charge is -2.28. The van der Waals surface area contributed by atoms with Crippen molar-refractivity contribution in [1.82, 2.24) is 5.32 Å². The second-order valence-corrected chi connectivity index (χ2v) is 6.87. The Morgan fingerprint density at radius 3 is 2.25 bits per heavy atom. The minimum absolute atomic E-state index is 0.0463. The van der Waals surface area contributed by atoms with Gasteiger partial charge in [-0.3, -0.25) is 0 Å². The van der Waals surface area contributed by atoms with Crippen LogP contribution in [-0.2, 0) is 0 Å². The molecule has 2 nitrogen and oxygen atoms in total. The molecule has 3 N–H and O–H groups in total. The third kappa shape index (κ3) is 4.83. The lowest BCUT2D eigenvalue weighted by molar-refractivity contribution is 0.266. The lowest BCUT2D eigenvalue weighted by Crippen LogP contribution is -2.35. The number of halogens is 2. The van der Waals surface area contributed by atoms with Crippen LogP contribution in [0.1, 0.15) is 39.3 Å². The standard InChI is InChI=1S/C16H26BrFN2/c1-10(2)14(11(3)4)9-20-16(8-19)13-6-5-12(18)7-15(13)17/h5-7,10-11,14,16,20H,8-9,19H2,1-4H3. The van der Waals surface area contributed by atoms with Gasteiger partial charge in [0.05, 0.1) is 0 Å². The molecule has 0 aliphatic rings. The molecule has 0 fully saturated rings. The van der Waals surface area contributed by atoms with Crippen LogP contribution >= 0.6 is 15.9 Å². The minimum atomic E-state index is -0.237. The number of nitrogens with one attached hydrogen (secondary N) is 1. The number of nitrogens with two attached hydrogens (primary N) is 1. The van der Waals surface area contributed by atoms with Gasteiger partial charge in [0.15, 0.2) is 0 Å². The van der Waals surface area contributed by atoms with E-state index in [1.807, 2.05) is 0 Å². The summed E-state index contributed by atoms with van der Waals surface area (Å²) in [4.78, 5) is 0. The fraction of sp³-hybridized carbons (Fsp3) is 0.625. The van der Waals surface area contributed by atoms with Crippen LogP contribution < -0.4 is 11.1 Å². The van der Waals surface area contributed by atoms with Crippen LogP contribution in [0.25, 0.3) is 0 Å². The Labute approximate surface area is 130 Å². The Morgan fingerprint density at radius 2 is 1.80 bits per heavy atom. The summed E-state index contributed by atoms with van der Waals surface area (Å²) in [6.45, 7) is 10.4. The Morgan fingerprint density at radius 1 is 1.20 bits per heavy atom. The molecule has 1 aromatic rings. The van der Waals surface area contributed by atoms with E-state index in [-0.39, 0.29) is 11.9 Å². The average Bonchev–Trinajstić information content (AvgIpc) is 2.34. The van der Waals surface area contributed by atoms with Crippen LogP contribution in [0.2, 0.25) is 0 Å². The van der Waals surface area contributed by atoms with Gasteiger partial charge in [0, 0.05) is 17.1 Å². The van der Waals surface area contributed by atoms with Crippen molar-refractivity contribution in [3.05, 3.63) is 34.1 Å². The zero-order chi connectivity index (χ0) is 15.3. The van der Waals surface area contributed by atoms with E-state index in [1.54, 1.807) is 6.07 Å². The SMILES string of the molecule is CC(C)C(CNC(CN)c1ccc(F)cc1Br)C(C)C. The molecule has 4 heteroatoms. The molecule has 1 rings (SSSR count). The fourth-order valence-electron chi connectivity index (χ4n) is 2.62. The summed E-state index contributed by atoms with van der Waals surface area (Å²) >= 11 is 3.42. The summed E-state index contributed by atoms with van der Waals surface area (Å²) in [5.74, 6) is 1.61. The maximum absolute atomic E-state index is 13.2. The van der Waals surface area contributed by atoms with Crippen molar-refractivity contribution in [2.45, 2.75) is 33.7 Å². The summed E-state index contributed by atoms with van der Waals surface area (Å²) in [6, 6.07) is 4.81. The van der Waals surface area contributed by atoms with Gasteiger partial charge in [-0.15, -0.1) is 0 Å². The van der Waals surface area contributed by atoms with E-state index in [1.165, 1.54) is 12.1 Å². The first kappa shape index (κ1) is 17.6. The topological polar surface area (TPSA) is 38.0 Å². The second kappa shape index (κ2) is 8.11. The van der Waals surface area contributed by atoms with Crippen molar-refractivity contribution >= 4 is 15.9 Å². The van der Waals surface area contributed by atoms with Gasteiger partial charge in [-0.1, -0.05) is 49.7 Å².